The maximum Gasteiger partial charge on any atom is 0.231 e. The van der Waals surface area contributed by atoms with Gasteiger partial charge in [-0.2, -0.15) is 4.98 Å². The van der Waals surface area contributed by atoms with E-state index in [9.17, 15) is 0 Å². The van der Waals surface area contributed by atoms with Gasteiger partial charge in [0.25, 0.3) is 0 Å². The van der Waals surface area contributed by atoms with Gasteiger partial charge in [-0.15, -0.1) is 12.4 Å². The highest BCUT2D eigenvalue weighted by molar-refractivity contribution is 5.85. The first-order valence-electron chi connectivity index (χ1n) is 7.26. The summed E-state index contributed by atoms with van der Waals surface area (Å²) in [6.45, 7) is 4.15. The van der Waals surface area contributed by atoms with Crippen molar-refractivity contribution in [3.63, 3.8) is 0 Å². The molecule has 2 aromatic rings. The van der Waals surface area contributed by atoms with Gasteiger partial charge in [0.05, 0.1) is 5.92 Å². The van der Waals surface area contributed by atoms with Crippen LogP contribution in [0.3, 0.4) is 0 Å². The van der Waals surface area contributed by atoms with E-state index in [2.05, 4.69) is 36.1 Å². The van der Waals surface area contributed by atoms with Crippen LogP contribution < -0.4 is 5.73 Å². The zero-order valence-electron chi connectivity index (χ0n) is 12.5. The summed E-state index contributed by atoms with van der Waals surface area (Å²) in [6, 6.07) is 8.15. The van der Waals surface area contributed by atoms with Crippen LogP contribution in [0, 0.1) is 6.92 Å². The monoisotopic (exact) mass is 307 g/mol. The zero-order chi connectivity index (χ0) is 14.2. The second kappa shape index (κ2) is 6.16. The third-order valence-corrected chi connectivity index (χ3v) is 4.30. The van der Waals surface area contributed by atoms with Crippen molar-refractivity contribution in [3.8, 4) is 11.4 Å². The smallest absolute Gasteiger partial charge is 0.231 e. The molecule has 4 nitrogen and oxygen atoms in total. The van der Waals surface area contributed by atoms with Gasteiger partial charge in [0.15, 0.2) is 0 Å². The zero-order valence-corrected chi connectivity index (χ0v) is 13.3. The third-order valence-electron chi connectivity index (χ3n) is 4.30. The average molecular weight is 308 g/mol. The number of aromatic nitrogens is 2. The lowest BCUT2D eigenvalue weighted by atomic mass is 9.74. The van der Waals surface area contributed by atoms with Gasteiger partial charge in [-0.25, -0.2) is 0 Å². The predicted octanol–water partition coefficient (Wildman–Crippen LogP) is 3.84. The lowest BCUT2D eigenvalue weighted by Crippen LogP contribution is -2.44. The minimum Gasteiger partial charge on any atom is -0.339 e. The second-order valence-corrected chi connectivity index (χ2v) is 6.13. The van der Waals surface area contributed by atoms with Crippen molar-refractivity contribution in [2.75, 3.05) is 0 Å². The van der Waals surface area contributed by atoms with Crippen molar-refractivity contribution < 1.29 is 4.52 Å². The number of rotatable bonds is 2. The van der Waals surface area contributed by atoms with E-state index in [1.807, 2.05) is 12.1 Å². The molecule has 0 spiro atoms. The van der Waals surface area contributed by atoms with Crippen molar-refractivity contribution >= 4 is 12.4 Å². The van der Waals surface area contributed by atoms with Crippen LogP contribution >= 0.6 is 12.4 Å². The Balaban J connectivity index is 0.00000161. The Morgan fingerprint density at radius 1 is 1.24 bits per heavy atom. The number of hydrogen-bond acceptors (Lipinski definition) is 4. The van der Waals surface area contributed by atoms with Crippen LogP contribution in [0.2, 0.25) is 0 Å². The summed E-state index contributed by atoms with van der Waals surface area (Å²) in [7, 11) is 0. The van der Waals surface area contributed by atoms with Crippen LogP contribution in [0.4, 0.5) is 0 Å². The topological polar surface area (TPSA) is 64.9 Å². The molecule has 0 aliphatic heterocycles. The molecule has 1 aromatic carbocycles. The molecule has 1 fully saturated rings. The third kappa shape index (κ3) is 3.27. The molecule has 1 aliphatic rings. The van der Waals surface area contributed by atoms with E-state index in [0.29, 0.717) is 11.7 Å². The van der Waals surface area contributed by atoms with E-state index in [0.717, 1.165) is 18.4 Å². The molecule has 3 rings (SSSR count). The van der Waals surface area contributed by atoms with Crippen LogP contribution in [-0.2, 0) is 0 Å². The molecule has 1 heterocycles. The summed E-state index contributed by atoms with van der Waals surface area (Å²) in [4.78, 5) is 4.57. The Morgan fingerprint density at radius 3 is 2.62 bits per heavy atom. The highest BCUT2D eigenvalue weighted by Gasteiger charge is 2.37. The fraction of sp³-hybridized carbons (Fsp3) is 0.500. The van der Waals surface area contributed by atoms with Gasteiger partial charge in [0.1, 0.15) is 0 Å². The number of halogens is 1. The summed E-state index contributed by atoms with van der Waals surface area (Å²) >= 11 is 0. The molecule has 2 atom stereocenters. The van der Waals surface area contributed by atoms with E-state index in [4.69, 9.17) is 10.3 Å². The first kappa shape index (κ1) is 16.0. The summed E-state index contributed by atoms with van der Waals surface area (Å²) in [5.74, 6) is 1.51. The molecule has 1 aromatic heterocycles. The molecule has 2 unspecified atom stereocenters. The van der Waals surface area contributed by atoms with E-state index in [-0.39, 0.29) is 23.9 Å². The minimum absolute atomic E-state index is 0. The van der Waals surface area contributed by atoms with Crippen LogP contribution in [-0.4, -0.2) is 15.7 Å². The molecule has 114 valence electrons. The van der Waals surface area contributed by atoms with Crippen LogP contribution in [0.25, 0.3) is 11.4 Å². The molecule has 0 radical (unpaired) electrons. The summed E-state index contributed by atoms with van der Waals surface area (Å²) in [5, 5.41) is 4.12. The largest absolute Gasteiger partial charge is 0.339 e. The van der Waals surface area contributed by atoms with Crippen LogP contribution in [0.15, 0.2) is 28.8 Å². The SMILES string of the molecule is Cc1ccc(-c2noc(C3CCCCC3(C)N)n2)cc1.Cl. The molecule has 1 aliphatic carbocycles. The van der Waals surface area contributed by atoms with E-state index in [1.54, 1.807) is 0 Å². The Labute approximate surface area is 131 Å². The van der Waals surface area contributed by atoms with Gasteiger partial charge < -0.3 is 10.3 Å². The van der Waals surface area contributed by atoms with Crippen molar-refractivity contribution in [3.05, 3.63) is 35.7 Å². The summed E-state index contributed by atoms with van der Waals surface area (Å²) in [5.41, 5.74) is 8.36. The summed E-state index contributed by atoms with van der Waals surface area (Å²) < 4.78 is 5.48. The molecular weight excluding hydrogens is 286 g/mol. The van der Waals surface area contributed by atoms with Gasteiger partial charge in [-0.3, -0.25) is 0 Å². The second-order valence-electron chi connectivity index (χ2n) is 6.13. The molecule has 5 heteroatoms. The molecule has 21 heavy (non-hydrogen) atoms. The van der Waals surface area contributed by atoms with Crippen LogP contribution in [0.1, 0.15) is 50.0 Å². The van der Waals surface area contributed by atoms with Crippen molar-refractivity contribution in [2.24, 2.45) is 5.73 Å². The lowest BCUT2D eigenvalue weighted by Gasteiger charge is -2.35. The normalized spacial score (nSPS) is 25.4. The quantitative estimate of drug-likeness (QED) is 0.915. The van der Waals surface area contributed by atoms with Crippen molar-refractivity contribution in [2.45, 2.75) is 51.0 Å². The molecule has 2 N–H and O–H groups in total. The van der Waals surface area contributed by atoms with Gasteiger partial charge in [-0.1, -0.05) is 47.8 Å². The minimum atomic E-state index is -0.241. The highest BCUT2D eigenvalue weighted by Crippen LogP contribution is 2.38. The van der Waals surface area contributed by atoms with E-state index in [1.165, 1.54) is 18.4 Å². The number of nitrogens with zero attached hydrogens (tertiary/aromatic N) is 2. The van der Waals surface area contributed by atoms with Gasteiger partial charge in [-0.05, 0) is 26.7 Å². The predicted molar refractivity (Wildman–Crippen MR) is 85.5 cm³/mol. The maximum absolute atomic E-state index is 6.39. The van der Waals surface area contributed by atoms with Gasteiger partial charge in [0, 0.05) is 11.1 Å². The average Bonchev–Trinajstić information content (AvgIpc) is 2.88. The lowest BCUT2D eigenvalue weighted by molar-refractivity contribution is 0.223. The highest BCUT2D eigenvalue weighted by atomic mass is 35.5. The van der Waals surface area contributed by atoms with Gasteiger partial charge >= 0.3 is 0 Å². The number of hydrogen-bond donors (Lipinski definition) is 1. The number of nitrogens with two attached hydrogens (primary N) is 1. The van der Waals surface area contributed by atoms with E-state index >= 15 is 0 Å². The van der Waals surface area contributed by atoms with Crippen LogP contribution in [0.5, 0.6) is 0 Å². The molecular formula is C16H22ClN3O. The number of aryl methyl sites for hydroxylation is 1. The Bertz CT molecular complexity index is 592. The fourth-order valence-electron chi connectivity index (χ4n) is 2.96. The maximum atomic E-state index is 6.39. The molecule has 1 saturated carbocycles. The molecule has 0 bridgehead atoms. The Morgan fingerprint density at radius 2 is 1.95 bits per heavy atom. The van der Waals surface area contributed by atoms with Gasteiger partial charge in [0.2, 0.25) is 11.7 Å². The summed E-state index contributed by atoms with van der Waals surface area (Å²) in [6.07, 6.45) is 4.41. The molecule has 0 amide bonds. The Hall–Kier alpha value is -1.39. The first-order valence-corrected chi connectivity index (χ1v) is 7.26. The fourth-order valence-corrected chi connectivity index (χ4v) is 2.96. The van der Waals surface area contributed by atoms with E-state index < -0.39 is 0 Å². The first-order chi connectivity index (χ1) is 9.56. The molecule has 0 saturated heterocycles. The number of benzene rings is 1. The van der Waals surface area contributed by atoms with Crippen molar-refractivity contribution in [1.82, 2.24) is 10.1 Å². The Kier molecular flexibility index (Phi) is 4.69. The van der Waals surface area contributed by atoms with Crippen molar-refractivity contribution in [1.29, 1.82) is 0 Å². The standard InChI is InChI=1S/C16H21N3O.ClH/c1-11-6-8-12(9-7-11)14-18-15(20-19-14)13-5-3-4-10-16(13,2)17;/h6-9,13H,3-5,10,17H2,1-2H3;1H.